The molecule has 4 aliphatic carbocycles. The van der Waals surface area contributed by atoms with Gasteiger partial charge < -0.3 is 15.3 Å². The lowest BCUT2D eigenvalue weighted by Gasteiger charge is -2.65. The summed E-state index contributed by atoms with van der Waals surface area (Å²) >= 11 is 0. The lowest BCUT2D eigenvalue weighted by molar-refractivity contribution is -0.211. The summed E-state index contributed by atoms with van der Waals surface area (Å²) in [6, 6.07) is 0. The van der Waals surface area contributed by atoms with E-state index in [2.05, 4.69) is 13.8 Å². The van der Waals surface area contributed by atoms with Crippen LogP contribution in [0.25, 0.3) is 0 Å². The zero-order chi connectivity index (χ0) is 17.5. The maximum Gasteiger partial charge on any atom is 0.309 e. The number of carbonyl (C=O) groups is 1. The van der Waals surface area contributed by atoms with Gasteiger partial charge in [0.1, 0.15) is 0 Å². The van der Waals surface area contributed by atoms with Crippen LogP contribution in [0.5, 0.6) is 0 Å². The fourth-order valence-electron chi connectivity index (χ4n) is 7.88. The summed E-state index contributed by atoms with van der Waals surface area (Å²) in [7, 11) is 0. The van der Waals surface area contributed by atoms with Gasteiger partial charge in [-0.15, -0.1) is 0 Å². The predicted octanol–water partition coefficient (Wildman–Crippen LogP) is 3.21. The first-order valence-corrected chi connectivity index (χ1v) is 9.68. The number of aliphatic hydroxyl groups excluding tert-OH is 2. The Balaban J connectivity index is 1.79. The first-order valence-electron chi connectivity index (χ1n) is 9.68. The van der Waals surface area contributed by atoms with Crippen LogP contribution < -0.4 is 0 Å². The molecular formula is C20H32O4. The van der Waals surface area contributed by atoms with Crippen molar-refractivity contribution in [1.82, 2.24) is 0 Å². The van der Waals surface area contributed by atoms with Gasteiger partial charge in [-0.25, -0.2) is 0 Å². The van der Waals surface area contributed by atoms with Crippen molar-refractivity contribution in [2.24, 2.45) is 33.5 Å². The van der Waals surface area contributed by atoms with Gasteiger partial charge in [0.2, 0.25) is 0 Å². The normalized spacial score (nSPS) is 59.5. The molecule has 0 aromatic rings. The van der Waals surface area contributed by atoms with Gasteiger partial charge in [0.25, 0.3) is 0 Å². The molecule has 0 heterocycles. The van der Waals surface area contributed by atoms with Crippen molar-refractivity contribution in [3.63, 3.8) is 0 Å². The Morgan fingerprint density at radius 3 is 2.38 bits per heavy atom. The van der Waals surface area contributed by atoms with Gasteiger partial charge >= 0.3 is 5.97 Å². The highest BCUT2D eigenvalue weighted by atomic mass is 16.4. The van der Waals surface area contributed by atoms with E-state index in [1.54, 1.807) is 0 Å². The lowest BCUT2D eigenvalue weighted by atomic mass is 9.39. The van der Waals surface area contributed by atoms with Gasteiger partial charge in [-0.2, -0.15) is 0 Å². The average molecular weight is 336 g/mol. The predicted molar refractivity (Wildman–Crippen MR) is 90.3 cm³/mol. The molecule has 0 amide bonds. The minimum Gasteiger partial charge on any atom is -0.481 e. The van der Waals surface area contributed by atoms with E-state index in [1.165, 1.54) is 0 Å². The van der Waals surface area contributed by atoms with E-state index in [0.717, 1.165) is 38.5 Å². The third kappa shape index (κ3) is 1.79. The average Bonchev–Trinajstić information content (AvgIpc) is 2.68. The number of aliphatic carboxylic acids is 1. The minimum atomic E-state index is -0.729. The fourth-order valence-corrected chi connectivity index (χ4v) is 7.88. The summed E-state index contributed by atoms with van der Waals surface area (Å²) in [5.74, 6) is -0.333. The molecule has 4 aliphatic rings. The van der Waals surface area contributed by atoms with Crippen molar-refractivity contribution in [2.75, 3.05) is 0 Å². The Bertz CT molecular complexity index is 576. The Kier molecular flexibility index (Phi) is 3.34. The van der Waals surface area contributed by atoms with Crippen molar-refractivity contribution in [3.05, 3.63) is 0 Å². The molecule has 0 aromatic carbocycles. The maximum atomic E-state index is 12.1. The second-order valence-corrected chi connectivity index (χ2v) is 10.3. The van der Waals surface area contributed by atoms with Crippen LogP contribution >= 0.6 is 0 Å². The highest BCUT2D eigenvalue weighted by molar-refractivity contribution is 5.75. The SMILES string of the molecule is C[C@@]12CC[C@H]3[C@]4(C)CCC[C@@](C)(C(=O)O)[C@H]4C[C@H](O)[C@]3(C[C@H]1O)C2. The third-order valence-corrected chi connectivity index (χ3v) is 9.19. The van der Waals surface area contributed by atoms with E-state index in [0.29, 0.717) is 18.8 Å². The van der Waals surface area contributed by atoms with Crippen molar-refractivity contribution in [3.8, 4) is 0 Å². The molecule has 0 saturated heterocycles. The molecule has 4 saturated carbocycles. The molecule has 136 valence electrons. The monoisotopic (exact) mass is 336 g/mol. The van der Waals surface area contributed by atoms with E-state index in [-0.39, 0.29) is 28.3 Å². The molecule has 4 rings (SSSR count). The number of hydrogen-bond acceptors (Lipinski definition) is 3. The summed E-state index contributed by atoms with van der Waals surface area (Å²) in [5.41, 5.74) is -1.02. The van der Waals surface area contributed by atoms with Gasteiger partial charge in [-0.05, 0) is 74.5 Å². The Hall–Kier alpha value is -0.610. The second kappa shape index (κ2) is 4.76. The van der Waals surface area contributed by atoms with E-state index in [4.69, 9.17) is 0 Å². The van der Waals surface area contributed by atoms with Crippen molar-refractivity contribution >= 4 is 5.97 Å². The Morgan fingerprint density at radius 2 is 1.71 bits per heavy atom. The van der Waals surface area contributed by atoms with Crippen LogP contribution in [0.4, 0.5) is 0 Å². The zero-order valence-electron chi connectivity index (χ0n) is 15.2. The molecule has 1 spiro atoms. The zero-order valence-corrected chi connectivity index (χ0v) is 15.2. The highest BCUT2D eigenvalue weighted by Gasteiger charge is 2.70. The number of fused-ring (bicyclic) bond motifs is 3. The molecular weight excluding hydrogens is 304 g/mol. The highest BCUT2D eigenvalue weighted by Crippen LogP contribution is 2.73. The van der Waals surface area contributed by atoms with Crippen LogP contribution in [-0.2, 0) is 4.79 Å². The fraction of sp³-hybridized carbons (Fsp3) is 0.950. The summed E-state index contributed by atoms with van der Waals surface area (Å²) in [5, 5.41) is 31.8. The van der Waals surface area contributed by atoms with Gasteiger partial charge in [0.15, 0.2) is 0 Å². The molecule has 2 bridgehead atoms. The van der Waals surface area contributed by atoms with Crippen LogP contribution in [0.15, 0.2) is 0 Å². The molecule has 4 fully saturated rings. The van der Waals surface area contributed by atoms with E-state index >= 15 is 0 Å². The summed E-state index contributed by atoms with van der Waals surface area (Å²) in [4.78, 5) is 12.1. The van der Waals surface area contributed by atoms with E-state index in [1.807, 2.05) is 6.92 Å². The number of aliphatic hydroxyl groups is 2. The van der Waals surface area contributed by atoms with Crippen molar-refractivity contribution in [1.29, 1.82) is 0 Å². The van der Waals surface area contributed by atoms with Crippen LogP contribution in [0, 0.1) is 33.5 Å². The standard InChI is InChI=1S/C20H32O4/c1-17-8-5-12-18(2)6-4-7-19(3,16(23)24)13(18)9-14(21)20(12,11-17)10-15(17)22/h12-15,21-22H,4-11H2,1-3H3,(H,23,24)/t12-,13-,14-,15+,17-,18-,19+,20+/m0/s1. The third-order valence-electron chi connectivity index (χ3n) is 9.19. The van der Waals surface area contributed by atoms with E-state index < -0.39 is 17.5 Å². The Morgan fingerprint density at radius 1 is 1.00 bits per heavy atom. The number of carboxylic acid groups (broad SMARTS) is 1. The first-order chi connectivity index (χ1) is 11.1. The van der Waals surface area contributed by atoms with Gasteiger partial charge in [0.05, 0.1) is 17.6 Å². The van der Waals surface area contributed by atoms with Crippen LogP contribution in [0.3, 0.4) is 0 Å². The number of hydrogen-bond donors (Lipinski definition) is 3. The van der Waals surface area contributed by atoms with Crippen molar-refractivity contribution < 1.29 is 20.1 Å². The molecule has 3 N–H and O–H groups in total. The van der Waals surface area contributed by atoms with Crippen LogP contribution in [-0.4, -0.2) is 33.5 Å². The molecule has 4 nitrogen and oxygen atoms in total. The molecule has 0 aliphatic heterocycles. The van der Waals surface area contributed by atoms with E-state index in [9.17, 15) is 20.1 Å². The van der Waals surface area contributed by atoms with Crippen LogP contribution in [0.2, 0.25) is 0 Å². The number of carboxylic acids is 1. The van der Waals surface area contributed by atoms with Gasteiger partial charge in [-0.3, -0.25) is 4.79 Å². The van der Waals surface area contributed by atoms with Gasteiger partial charge in [0, 0.05) is 5.41 Å². The van der Waals surface area contributed by atoms with Crippen LogP contribution in [0.1, 0.15) is 72.1 Å². The summed E-state index contributed by atoms with van der Waals surface area (Å²) < 4.78 is 0. The Labute approximate surface area is 144 Å². The maximum absolute atomic E-state index is 12.1. The number of rotatable bonds is 1. The molecule has 0 radical (unpaired) electrons. The molecule has 0 unspecified atom stereocenters. The molecule has 24 heavy (non-hydrogen) atoms. The lowest BCUT2D eigenvalue weighted by Crippen LogP contribution is -2.63. The quantitative estimate of drug-likeness (QED) is 0.687. The minimum absolute atomic E-state index is 0.0315. The van der Waals surface area contributed by atoms with Crippen molar-refractivity contribution in [2.45, 2.75) is 84.3 Å². The first kappa shape index (κ1) is 16.8. The summed E-state index contributed by atoms with van der Waals surface area (Å²) in [6.07, 6.45) is 6.13. The second-order valence-electron chi connectivity index (χ2n) is 10.3. The van der Waals surface area contributed by atoms with Gasteiger partial charge in [-0.1, -0.05) is 20.3 Å². The molecule has 0 aromatic heterocycles. The molecule has 8 atom stereocenters. The molecule has 4 heteroatoms. The summed E-state index contributed by atoms with van der Waals surface area (Å²) in [6.45, 7) is 6.37. The smallest absolute Gasteiger partial charge is 0.309 e. The largest absolute Gasteiger partial charge is 0.481 e. The topological polar surface area (TPSA) is 77.8 Å².